The molecule has 0 saturated carbocycles. The van der Waals surface area contributed by atoms with Crippen molar-refractivity contribution in [2.24, 2.45) is 0 Å². The number of rotatable bonds is 6. The van der Waals surface area contributed by atoms with Crippen LogP contribution in [0.3, 0.4) is 0 Å². The molecule has 1 heterocycles. The molecular formula is C15H15Cl2N3O4. The van der Waals surface area contributed by atoms with Gasteiger partial charge in [-0.25, -0.2) is 0 Å². The zero-order valence-electron chi connectivity index (χ0n) is 12.9. The molecule has 1 aromatic carbocycles. The van der Waals surface area contributed by atoms with Crippen LogP contribution in [0.15, 0.2) is 18.3 Å². The molecule has 0 saturated heterocycles. The van der Waals surface area contributed by atoms with E-state index in [-0.39, 0.29) is 40.0 Å². The number of aliphatic carboxylic acids is 1. The number of nitrogens with zero attached hydrogens (tertiary/aromatic N) is 2. The lowest BCUT2D eigenvalue weighted by atomic mass is 10.1. The number of ether oxygens (including phenoxy) is 1. The van der Waals surface area contributed by atoms with E-state index < -0.39 is 5.97 Å². The van der Waals surface area contributed by atoms with Crippen LogP contribution in [0.2, 0.25) is 10.0 Å². The fourth-order valence-corrected chi connectivity index (χ4v) is 2.44. The highest BCUT2D eigenvalue weighted by Gasteiger charge is 2.15. The molecule has 0 unspecified atom stereocenters. The lowest BCUT2D eigenvalue weighted by Crippen LogP contribution is -2.12. The molecule has 0 radical (unpaired) electrons. The first kappa shape index (κ1) is 18.1. The van der Waals surface area contributed by atoms with Crippen LogP contribution in [0.4, 0.5) is 5.69 Å². The van der Waals surface area contributed by atoms with Crippen molar-refractivity contribution in [1.29, 1.82) is 0 Å². The van der Waals surface area contributed by atoms with Gasteiger partial charge in [0.25, 0.3) is 0 Å². The first-order chi connectivity index (χ1) is 11.3. The van der Waals surface area contributed by atoms with E-state index in [0.29, 0.717) is 11.4 Å². The van der Waals surface area contributed by atoms with Gasteiger partial charge in [-0.15, -0.1) is 0 Å². The predicted octanol–water partition coefficient (Wildman–Crippen LogP) is 3.90. The van der Waals surface area contributed by atoms with Gasteiger partial charge in [-0.2, -0.15) is 9.97 Å². The van der Waals surface area contributed by atoms with Gasteiger partial charge in [-0.1, -0.05) is 37.0 Å². The Bertz CT molecular complexity index is 745. The van der Waals surface area contributed by atoms with E-state index in [4.69, 9.17) is 33.0 Å². The monoisotopic (exact) mass is 371 g/mol. The summed E-state index contributed by atoms with van der Waals surface area (Å²) in [6, 6.07) is 2.96. The molecule has 1 aromatic heterocycles. The van der Waals surface area contributed by atoms with Crippen molar-refractivity contribution in [2.45, 2.75) is 19.8 Å². The second-order valence-electron chi connectivity index (χ2n) is 5.20. The van der Waals surface area contributed by atoms with Crippen molar-refractivity contribution in [2.75, 3.05) is 11.9 Å². The zero-order valence-corrected chi connectivity index (χ0v) is 14.4. The lowest BCUT2D eigenvalue weighted by Gasteiger charge is -2.12. The van der Waals surface area contributed by atoms with Crippen LogP contribution in [0.1, 0.15) is 25.5 Å². The molecule has 7 nitrogen and oxygen atoms in total. The third kappa shape index (κ3) is 4.39. The molecule has 24 heavy (non-hydrogen) atoms. The highest BCUT2D eigenvalue weighted by atomic mass is 35.5. The van der Waals surface area contributed by atoms with Crippen LogP contribution in [-0.2, 0) is 4.79 Å². The first-order valence-electron chi connectivity index (χ1n) is 6.96. The number of nitrogens with one attached hydrogen (secondary N) is 1. The summed E-state index contributed by atoms with van der Waals surface area (Å²) in [6.45, 7) is 3.47. The van der Waals surface area contributed by atoms with Gasteiger partial charge in [0.1, 0.15) is 6.54 Å². The fraction of sp³-hybridized carbons (Fsp3) is 0.267. The Labute approximate surface area is 148 Å². The smallest absolute Gasteiger partial charge is 0.322 e. The summed E-state index contributed by atoms with van der Waals surface area (Å²) in [5.74, 6) is -0.924. The van der Waals surface area contributed by atoms with Gasteiger partial charge in [-0.05, 0) is 18.1 Å². The van der Waals surface area contributed by atoms with E-state index in [1.807, 2.05) is 13.8 Å². The molecule has 0 fully saturated rings. The summed E-state index contributed by atoms with van der Waals surface area (Å²) in [5, 5.41) is 21.4. The number of carbonyl (C=O) groups is 1. The third-order valence-electron chi connectivity index (χ3n) is 2.96. The summed E-state index contributed by atoms with van der Waals surface area (Å²) in [4.78, 5) is 18.6. The number of benzene rings is 1. The Morgan fingerprint density at radius 2 is 1.96 bits per heavy atom. The van der Waals surface area contributed by atoms with Crippen LogP contribution in [-0.4, -0.2) is 32.7 Å². The van der Waals surface area contributed by atoms with Gasteiger partial charge in [0.15, 0.2) is 11.5 Å². The molecule has 0 aliphatic heterocycles. The molecule has 0 bridgehead atoms. The second kappa shape index (κ2) is 7.55. The van der Waals surface area contributed by atoms with Crippen molar-refractivity contribution < 1.29 is 19.7 Å². The largest absolute Gasteiger partial charge is 0.504 e. The fourth-order valence-electron chi connectivity index (χ4n) is 1.87. The summed E-state index contributed by atoms with van der Waals surface area (Å²) in [7, 11) is 0. The van der Waals surface area contributed by atoms with Gasteiger partial charge in [0.05, 0.1) is 21.9 Å². The molecular weight excluding hydrogens is 357 g/mol. The Balaban J connectivity index is 2.27. The maximum atomic E-state index is 10.6. The minimum Gasteiger partial charge on any atom is -0.504 e. The van der Waals surface area contributed by atoms with E-state index in [1.54, 1.807) is 0 Å². The molecule has 3 N–H and O–H groups in total. The van der Waals surface area contributed by atoms with Crippen molar-refractivity contribution >= 4 is 34.9 Å². The van der Waals surface area contributed by atoms with Crippen molar-refractivity contribution in [3.05, 3.63) is 34.1 Å². The number of carboxylic acids is 1. The number of carboxylic acid groups (broad SMARTS) is 1. The van der Waals surface area contributed by atoms with Gasteiger partial charge >= 0.3 is 12.0 Å². The van der Waals surface area contributed by atoms with E-state index in [0.717, 1.165) is 0 Å². The number of hydrogen-bond donors (Lipinski definition) is 3. The Hall–Kier alpha value is -2.25. The molecule has 128 valence electrons. The number of hydrogen-bond acceptors (Lipinski definition) is 6. The van der Waals surface area contributed by atoms with E-state index in [2.05, 4.69) is 15.3 Å². The summed E-state index contributed by atoms with van der Waals surface area (Å²) < 4.78 is 5.53. The molecule has 2 aromatic rings. The van der Waals surface area contributed by atoms with Gasteiger partial charge in [0, 0.05) is 5.69 Å². The number of halogens is 2. The van der Waals surface area contributed by atoms with Gasteiger partial charge < -0.3 is 20.3 Å². The average molecular weight is 372 g/mol. The van der Waals surface area contributed by atoms with Crippen LogP contribution >= 0.6 is 23.2 Å². The van der Waals surface area contributed by atoms with Crippen molar-refractivity contribution in [1.82, 2.24) is 9.97 Å². The summed E-state index contributed by atoms with van der Waals surface area (Å²) in [5.41, 5.74) is 0.876. The van der Waals surface area contributed by atoms with Crippen LogP contribution in [0.5, 0.6) is 17.5 Å². The van der Waals surface area contributed by atoms with Crippen LogP contribution < -0.4 is 10.1 Å². The van der Waals surface area contributed by atoms with E-state index in [9.17, 15) is 9.90 Å². The second-order valence-corrected chi connectivity index (χ2v) is 6.01. The van der Waals surface area contributed by atoms with E-state index in [1.165, 1.54) is 18.3 Å². The minimum absolute atomic E-state index is 0.00783. The first-order valence-corrected chi connectivity index (χ1v) is 7.72. The molecule has 2 rings (SSSR count). The molecule has 0 spiro atoms. The predicted molar refractivity (Wildman–Crippen MR) is 90.4 cm³/mol. The summed E-state index contributed by atoms with van der Waals surface area (Å²) >= 11 is 12.3. The topological polar surface area (TPSA) is 105 Å². The highest BCUT2D eigenvalue weighted by molar-refractivity contribution is 6.37. The minimum atomic E-state index is -1.01. The van der Waals surface area contributed by atoms with Crippen LogP contribution in [0, 0.1) is 0 Å². The van der Waals surface area contributed by atoms with Gasteiger partial charge in [0.2, 0.25) is 0 Å². The molecule has 9 heteroatoms. The Morgan fingerprint density at radius 3 is 2.50 bits per heavy atom. The standard InChI is InChI=1S/C15H15Cl2N3O4/c1-7(2)13-11(21)5-19-15(20-13)24-14-9(16)3-8(4-10(14)17)18-6-12(22)23/h3-5,7,18,21H,6H2,1-2H3,(H,22,23). The molecule has 0 amide bonds. The van der Waals surface area contributed by atoms with Crippen molar-refractivity contribution in [3.63, 3.8) is 0 Å². The molecule has 0 aliphatic rings. The highest BCUT2D eigenvalue weighted by Crippen LogP contribution is 2.38. The van der Waals surface area contributed by atoms with Crippen LogP contribution in [0.25, 0.3) is 0 Å². The van der Waals surface area contributed by atoms with Gasteiger partial charge in [-0.3, -0.25) is 4.79 Å². The Kier molecular flexibility index (Phi) is 5.69. The zero-order chi connectivity index (χ0) is 17.9. The lowest BCUT2D eigenvalue weighted by molar-refractivity contribution is -0.134. The number of anilines is 1. The van der Waals surface area contributed by atoms with Crippen molar-refractivity contribution in [3.8, 4) is 17.5 Å². The maximum absolute atomic E-state index is 10.6. The molecule has 0 aliphatic carbocycles. The molecule has 0 atom stereocenters. The number of aromatic hydroxyl groups is 1. The average Bonchev–Trinajstić information content (AvgIpc) is 2.50. The third-order valence-corrected chi connectivity index (χ3v) is 3.52. The number of aromatic nitrogens is 2. The SMILES string of the molecule is CC(C)c1nc(Oc2c(Cl)cc(NCC(=O)O)cc2Cl)ncc1O. The van der Waals surface area contributed by atoms with E-state index >= 15 is 0 Å². The quantitative estimate of drug-likeness (QED) is 0.706. The normalized spacial score (nSPS) is 10.7. The summed E-state index contributed by atoms with van der Waals surface area (Å²) in [6.07, 6.45) is 1.24. The Morgan fingerprint density at radius 1 is 1.33 bits per heavy atom. The maximum Gasteiger partial charge on any atom is 0.322 e.